The number of hydrogen-bond acceptors (Lipinski definition) is 3. The number of thiophene rings is 1. The van der Waals surface area contributed by atoms with Crippen LogP contribution in [0.15, 0.2) is 64.2 Å². The molecule has 0 spiro atoms. The topological polar surface area (TPSA) is 44.0 Å². The number of rotatable bonds is 4. The van der Waals surface area contributed by atoms with E-state index in [1.807, 2.05) is 13.0 Å². The largest absolute Gasteiger partial charge is 0.337 e. The van der Waals surface area contributed by atoms with Gasteiger partial charge in [0.2, 0.25) is 0 Å². The van der Waals surface area contributed by atoms with Crippen molar-refractivity contribution in [2.45, 2.75) is 19.9 Å². The molecule has 0 unspecified atom stereocenters. The summed E-state index contributed by atoms with van der Waals surface area (Å²) in [4.78, 5) is 28.0. The lowest BCUT2D eigenvalue weighted by atomic mass is 10.2. The fourth-order valence-electron chi connectivity index (χ4n) is 3.13. The summed E-state index contributed by atoms with van der Waals surface area (Å²) in [6, 6.07) is 14.5. The van der Waals surface area contributed by atoms with Crippen LogP contribution in [0.25, 0.3) is 15.9 Å². The van der Waals surface area contributed by atoms with Gasteiger partial charge in [-0.1, -0.05) is 36.7 Å². The first-order valence-electron chi connectivity index (χ1n) is 8.76. The summed E-state index contributed by atoms with van der Waals surface area (Å²) in [7, 11) is 0. The zero-order valence-corrected chi connectivity index (χ0v) is 16.6. The van der Waals surface area contributed by atoms with Crippen LogP contribution < -0.4 is 11.2 Å². The van der Waals surface area contributed by atoms with E-state index in [9.17, 15) is 14.0 Å². The lowest BCUT2D eigenvalue weighted by Crippen LogP contribution is -2.38. The van der Waals surface area contributed by atoms with Gasteiger partial charge in [-0.05, 0) is 48.4 Å². The Morgan fingerprint density at radius 3 is 2.50 bits per heavy atom. The number of benzene rings is 2. The van der Waals surface area contributed by atoms with E-state index < -0.39 is 5.69 Å². The third-order valence-corrected chi connectivity index (χ3v) is 6.07. The summed E-state index contributed by atoms with van der Waals surface area (Å²) in [5.74, 6) is -0.338. The molecule has 0 saturated heterocycles. The molecule has 7 heteroatoms. The molecule has 142 valence electrons. The van der Waals surface area contributed by atoms with Gasteiger partial charge in [-0.15, -0.1) is 11.3 Å². The van der Waals surface area contributed by atoms with Crippen molar-refractivity contribution < 1.29 is 4.39 Å². The highest BCUT2D eigenvalue weighted by Gasteiger charge is 2.17. The highest BCUT2D eigenvalue weighted by Crippen LogP contribution is 2.24. The Bertz CT molecular complexity index is 1290. The van der Waals surface area contributed by atoms with Gasteiger partial charge in [-0.2, -0.15) is 0 Å². The maximum atomic E-state index is 13.3. The van der Waals surface area contributed by atoms with Gasteiger partial charge >= 0.3 is 5.69 Å². The summed E-state index contributed by atoms with van der Waals surface area (Å²) in [5, 5.41) is 0.928. The molecule has 0 atom stereocenters. The normalized spacial score (nSPS) is 11.2. The van der Waals surface area contributed by atoms with E-state index in [-0.39, 0.29) is 17.9 Å². The van der Waals surface area contributed by atoms with E-state index in [1.165, 1.54) is 23.5 Å². The van der Waals surface area contributed by atoms with Crippen molar-refractivity contribution in [2.24, 2.45) is 0 Å². The molecule has 0 fully saturated rings. The van der Waals surface area contributed by atoms with Crippen LogP contribution in [-0.2, 0) is 13.0 Å². The first kappa shape index (κ1) is 18.7. The summed E-state index contributed by atoms with van der Waals surface area (Å²) < 4.78 is 16.0. The molecule has 2 aromatic heterocycles. The number of hydrogen-bond donors (Lipinski definition) is 0. The van der Waals surface area contributed by atoms with E-state index in [1.54, 1.807) is 41.0 Å². The Balaban J connectivity index is 2.01. The predicted molar refractivity (Wildman–Crippen MR) is 112 cm³/mol. The van der Waals surface area contributed by atoms with Gasteiger partial charge in [0.15, 0.2) is 0 Å². The Kier molecular flexibility index (Phi) is 4.91. The number of nitrogens with zero attached hydrogens (tertiary/aromatic N) is 2. The smallest absolute Gasteiger partial charge is 0.280 e. The molecule has 4 nitrogen and oxygen atoms in total. The van der Waals surface area contributed by atoms with Gasteiger partial charge in [-0.25, -0.2) is 13.8 Å². The minimum atomic E-state index is -0.450. The highest BCUT2D eigenvalue weighted by molar-refractivity contribution is 7.18. The standard InChI is InChI=1S/C21H16ClFN2O2S/c1-2-17-11-18-19(26)25(16-5-3-4-14(22)10-16)21(27)24(20(18)28-17)12-13-6-8-15(23)9-7-13/h3-11H,2,12H2,1H3. The van der Waals surface area contributed by atoms with Crippen LogP contribution in [0.3, 0.4) is 0 Å². The van der Waals surface area contributed by atoms with Gasteiger partial charge in [-0.3, -0.25) is 9.36 Å². The van der Waals surface area contributed by atoms with E-state index >= 15 is 0 Å². The Morgan fingerprint density at radius 1 is 1.07 bits per heavy atom. The van der Waals surface area contributed by atoms with Crippen LogP contribution in [-0.4, -0.2) is 9.13 Å². The van der Waals surface area contributed by atoms with Crippen LogP contribution in [0.5, 0.6) is 0 Å². The fraction of sp³-hybridized carbons (Fsp3) is 0.143. The van der Waals surface area contributed by atoms with Crippen molar-refractivity contribution in [1.82, 2.24) is 9.13 Å². The van der Waals surface area contributed by atoms with Crippen molar-refractivity contribution in [1.29, 1.82) is 0 Å². The number of fused-ring (bicyclic) bond motifs is 1. The quantitative estimate of drug-likeness (QED) is 0.489. The van der Waals surface area contributed by atoms with E-state index in [2.05, 4.69) is 0 Å². The molecule has 0 aliphatic rings. The monoisotopic (exact) mass is 414 g/mol. The third-order valence-electron chi connectivity index (χ3n) is 4.53. The van der Waals surface area contributed by atoms with Crippen LogP contribution >= 0.6 is 22.9 Å². The molecule has 2 heterocycles. The summed E-state index contributed by atoms with van der Waals surface area (Å²) >= 11 is 7.50. The number of aromatic nitrogens is 2. The maximum absolute atomic E-state index is 13.3. The SMILES string of the molecule is CCc1cc2c(=O)n(-c3cccc(Cl)c3)c(=O)n(Cc3ccc(F)cc3)c2s1. The van der Waals surface area contributed by atoms with Gasteiger partial charge in [0, 0.05) is 9.90 Å². The number of aryl methyl sites for hydroxylation is 1. The van der Waals surface area contributed by atoms with E-state index in [4.69, 9.17) is 11.6 Å². The molecule has 0 N–H and O–H groups in total. The van der Waals surface area contributed by atoms with Crippen LogP contribution in [0.4, 0.5) is 4.39 Å². The molecular weight excluding hydrogens is 399 g/mol. The minimum Gasteiger partial charge on any atom is -0.280 e. The van der Waals surface area contributed by atoms with Crippen LogP contribution in [0.2, 0.25) is 5.02 Å². The fourth-order valence-corrected chi connectivity index (χ4v) is 4.39. The minimum absolute atomic E-state index is 0.236. The average molecular weight is 415 g/mol. The zero-order valence-electron chi connectivity index (χ0n) is 15.0. The predicted octanol–water partition coefficient (Wildman–Crippen LogP) is 4.62. The van der Waals surface area contributed by atoms with Crippen molar-refractivity contribution in [2.75, 3.05) is 0 Å². The molecule has 2 aromatic carbocycles. The first-order chi connectivity index (χ1) is 13.5. The van der Waals surface area contributed by atoms with Gasteiger partial charge in [0.1, 0.15) is 10.6 Å². The lowest BCUT2D eigenvalue weighted by molar-refractivity contribution is 0.626. The maximum Gasteiger partial charge on any atom is 0.337 e. The summed E-state index contributed by atoms with van der Waals surface area (Å²) in [6.07, 6.45) is 0.765. The Hall–Kier alpha value is -2.70. The van der Waals surface area contributed by atoms with Crippen LogP contribution in [0.1, 0.15) is 17.4 Å². The lowest BCUT2D eigenvalue weighted by Gasteiger charge is -2.12. The van der Waals surface area contributed by atoms with Crippen molar-refractivity contribution in [3.8, 4) is 5.69 Å². The Morgan fingerprint density at radius 2 is 1.82 bits per heavy atom. The highest BCUT2D eigenvalue weighted by atomic mass is 35.5. The molecule has 4 rings (SSSR count). The molecule has 0 saturated carbocycles. The molecular formula is C21H16ClFN2O2S. The van der Waals surface area contributed by atoms with Gasteiger partial charge in [0.05, 0.1) is 17.6 Å². The molecule has 4 aromatic rings. The average Bonchev–Trinajstić information content (AvgIpc) is 3.12. The molecule has 0 aliphatic heterocycles. The second-order valence-corrected chi connectivity index (χ2v) is 7.95. The van der Waals surface area contributed by atoms with E-state index in [0.29, 0.717) is 20.9 Å². The summed E-state index contributed by atoms with van der Waals surface area (Å²) in [6.45, 7) is 2.24. The molecule has 0 radical (unpaired) electrons. The first-order valence-corrected chi connectivity index (χ1v) is 9.96. The second-order valence-electron chi connectivity index (χ2n) is 6.40. The number of halogens is 2. The molecule has 28 heavy (non-hydrogen) atoms. The summed E-state index contributed by atoms with van der Waals surface area (Å²) in [5.41, 5.74) is 0.371. The zero-order chi connectivity index (χ0) is 19.8. The third kappa shape index (κ3) is 3.30. The molecule has 0 bridgehead atoms. The molecule has 0 amide bonds. The van der Waals surface area contributed by atoms with Crippen molar-refractivity contribution in [3.05, 3.63) is 96.7 Å². The van der Waals surface area contributed by atoms with Gasteiger partial charge in [0.25, 0.3) is 5.56 Å². The van der Waals surface area contributed by atoms with Gasteiger partial charge < -0.3 is 0 Å². The van der Waals surface area contributed by atoms with Crippen molar-refractivity contribution in [3.63, 3.8) is 0 Å². The molecule has 0 aliphatic carbocycles. The van der Waals surface area contributed by atoms with E-state index in [0.717, 1.165) is 21.4 Å². The second kappa shape index (κ2) is 7.37. The Labute approximate surface area is 169 Å². The van der Waals surface area contributed by atoms with Crippen LogP contribution in [0, 0.1) is 5.82 Å². The van der Waals surface area contributed by atoms with Crippen molar-refractivity contribution >= 4 is 33.2 Å².